The topological polar surface area (TPSA) is 69.6 Å². The highest BCUT2D eigenvalue weighted by atomic mass is 16.3. The summed E-state index contributed by atoms with van der Waals surface area (Å²) >= 11 is 0. The molecular formula is C15H22N2O3. The van der Waals surface area contributed by atoms with E-state index in [0.29, 0.717) is 17.7 Å². The number of benzene rings is 1. The molecule has 1 unspecified atom stereocenters. The maximum absolute atomic E-state index is 12.1. The molecule has 20 heavy (non-hydrogen) atoms. The normalized spacial score (nSPS) is 11.8. The van der Waals surface area contributed by atoms with E-state index in [1.54, 1.807) is 31.3 Å². The van der Waals surface area contributed by atoms with Crippen molar-refractivity contribution in [1.29, 1.82) is 0 Å². The van der Waals surface area contributed by atoms with Crippen molar-refractivity contribution in [3.63, 3.8) is 0 Å². The highest BCUT2D eigenvalue weighted by Crippen LogP contribution is 2.19. The van der Waals surface area contributed by atoms with Gasteiger partial charge >= 0.3 is 0 Å². The SMILES string of the molecule is CCCC(O)CNC(=O)c1ccccc1N(C)C(C)=O. The van der Waals surface area contributed by atoms with Crippen LogP contribution in [0.5, 0.6) is 0 Å². The molecule has 110 valence electrons. The van der Waals surface area contributed by atoms with Gasteiger partial charge in [0.05, 0.1) is 17.4 Å². The van der Waals surface area contributed by atoms with Gasteiger partial charge in [-0.3, -0.25) is 9.59 Å². The van der Waals surface area contributed by atoms with Crippen LogP contribution >= 0.6 is 0 Å². The van der Waals surface area contributed by atoms with E-state index in [2.05, 4.69) is 5.32 Å². The lowest BCUT2D eigenvalue weighted by Gasteiger charge is -2.19. The number of carbonyl (C=O) groups is 2. The van der Waals surface area contributed by atoms with E-state index in [4.69, 9.17) is 0 Å². The minimum absolute atomic E-state index is 0.142. The molecule has 0 saturated heterocycles. The lowest BCUT2D eigenvalue weighted by atomic mass is 10.1. The average molecular weight is 278 g/mol. The van der Waals surface area contributed by atoms with E-state index in [1.807, 2.05) is 6.92 Å². The fraction of sp³-hybridized carbons (Fsp3) is 0.467. The number of hydrogen-bond acceptors (Lipinski definition) is 3. The molecule has 1 atom stereocenters. The second-order valence-corrected chi connectivity index (χ2v) is 4.75. The first-order valence-electron chi connectivity index (χ1n) is 6.77. The van der Waals surface area contributed by atoms with E-state index >= 15 is 0 Å². The summed E-state index contributed by atoms with van der Waals surface area (Å²) in [6.07, 6.45) is 0.970. The van der Waals surface area contributed by atoms with Crippen LogP contribution in [0.2, 0.25) is 0 Å². The first-order chi connectivity index (χ1) is 9.47. The molecule has 0 radical (unpaired) electrons. The Morgan fingerprint density at radius 2 is 2.00 bits per heavy atom. The van der Waals surface area contributed by atoms with Crippen LogP contribution < -0.4 is 10.2 Å². The summed E-state index contributed by atoms with van der Waals surface area (Å²) in [5, 5.41) is 12.3. The van der Waals surface area contributed by atoms with Crippen LogP contribution in [-0.4, -0.2) is 36.6 Å². The molecule has 0 aliphatic carbocycles. The second-order valence-electron chi connectivity index (χ2n) is 4.75. The number of nitrogens with zero attached hydrogens (tertiary/aromatic N) is 1. The molecule has 2 amide bonds. The molecule has 0 saturated carbocycles. The van der Waals surface area contributed by atoms with Crippen molar-refractivity contribution in [2.45, 2.75) is 32.8 Å². The molecule has 0 aliphatic heterocycles. The summed E-state index contributed by atoms with van der Waals surface area (Å²) in [7, 11) is 1.63. The molecule has 0 aromatic heterocycles. The third-order valence-electron chi connectivity index (χ3n) is 3.10. The number of nitrogens with one attached hydrogen (secondary N) is 1. The van der Waals surface area contributed by atoms with Crippen LogP contribution in [0.4, 0.5) is 5.69 Å². The Balaban J connectivity index is 2.80. The number of aliphatic hydroxyl groups excluding tert-OH is 1. The summed E-state index contributed by atoms with van der Waals surface area (Å²) in [4.78, 5) is 25.0. The Hall–Kier alpha value is -1.88. The predicted molar refractivity (Wildman–Crippen MR) is 78.8 cm³/mol. The Morgan fingerprint density at radius 3 is 2.60 bits per heavy atom. The highest BCUT2D eigenvalue weighted by molar-refractivity contribution is 6.04. The van der Waals surface area contributed by atoms with Gasteiger partial charge in [-0.05, 0) is 18.6 Å². The fourth-order valence-corrected chi connectivity index (χ4v) is 1.87. The zero-order valence-electron chi connectivity index (χ0n) is 12.2. The van der Waals surface area contributed by atoms with Crippen molar-refractivity contribution in [1.82, 2.24) is 5.32 Å². The lowest BCUT2D eigenvalue weighted by molar-refractivity contribution is -0.116. The third kappa shape index (κ3) is 4.35. The molecule has 2 N–H and O–H groups in total. The number of carbonyl (C=O) groups excluding carboxylic acids is 2. The molecule has 0 heterocycles. The van der Waals surface area contributed by atoms with E-state index < -0.39 is 6.10 Å². The van der Waals surface area contributed by atoms with Gasteiger partial charge in [0.15, 0.2) is 0 Å². The van der Waals surface area contributed by atoms with E-state index in [9.17, 15) is 14.7 Å². The van der Waals surface area contributed by atoms with Gasteiger partial charge in [-0.15, -0.1) is 0 Å². The summed E-state index contributed by atoms with van der Waals surface area (Å²) in [5.74, 6) is -0.430. The first kappa shape index (κ1) is 16.2. The maximum Gasteiger partial charge on any atom is 0.253 e. The van der Waals surface area contributed by atoms with E-state index in [1.165, 1.54) is 11.8 Å². The van der Waals surface area contributed by atoms with Crippen molar-refractivity contribution in [3.05, 3.63) is 29.8 Å². The monoisotopic (exact) mass is 278 g/mol. The molecule has 1 aromatic rings. The van der Waals surface area contributed by atoms with Crippen molar-refractivity contribution in [2.24, 2.45) is 0 Å². The van der Waals surface area contributed by atoms with Gasteiger partial charge in [0.25, 0.3) is 5.91 Å². The molecule has 5 nitrogen and oxygen atoms in total. The minimum Gasteiger partial charge on any atom is -0.391 e. The largest absolute Gasteiger partial charge is 0.391 e. The summed E-state index contributed by atoms with van der Waals surface area (Å²) < 4.78 is 0. The Morgan fingerprint density at radius 1 is 1.35 bits per heavy atom. The minimum atomic E-state index is -0.540. The molecule has 0 fully saturated rings. The van der Waals surface area contributed by atoms with Crippen LogP contribution in [0, 0.1) is 0 Å². The highest BCUT2D eigenvalue weighted by Gasteiger charge is 2.16. The molecular weight excluding hydrogens is 256 g/mol. The molecule has 0 aliphatic rings. The van der Waals surface area contributed by atoms with E-state index in [-0.39, 0.29) is 18.4 Å². The molecule has 0 bridgehead atoms. The van der Waals surface area contributed by atoms with Gasteiger partial charge in [-0.2, -0.15) is 0 Å². The number of hydrogen-bond donors (Lipinski definition) is 2. The Bertz CT molecular complexity index is 474. The van der Waals surface area contributed by atoms with Crippen LogP contribution in [0.25, 0.3) is 0 Å². The molecule has 0 spiro atoms. The Labute approximate surface area is 119 Å². The summed E-state index contributed by atoms with van der Waals surface area (Å²) in [6.45, 7) is 3.63. The summed E-state index contributed by atoms with van der Waals surface area (Å²) in [6, 6.07) is 6.90. The first-order valence-corrected chi connectivity index (χ1v) is 6.77. The average Bonchev–Trinajstić information content (AvgIpc) is 2.44. The third-order valence-corrected chi connectivity index (χ3v) is 3.10. The van der Waals surface area contributed by atoms with Crippen molar-refractivity contribution >= 4 is 17.5 Å². The van der Waals surface area contributed by atoms with Crippen molar-refractivity contribution in [2.75, 3.05) is 18.5 Å². The van der Waals surface area contributed by atoms with Crippen LogP contribution in [-0.2, 0) is 4.79 Å². The van der Waals surface area contributed by atoms with Gasteiger partial charge in [-0.25, -0.2) is 0 Å². The lowest BCUT2D eigenvalue weighted by Crippen LogP contribution is -2.33. The van der Waals surface area contributed by atoms with Gasteiger partial charge in [0, 0.05) is 20.5 Å². The van der Waals surface area contributed by atoms with E-state index in [0.717, 1.165) is 6.42 Å². The smallest absolute Gasteiger partial charge is 0.253 e. The number of aliphatic hydroxyl groups is 1. The van der Waals surface area contributed by atoms with Crippen LogP contribution in [0.1, 0.15) is 37.0 Å². The zero-order valence-corrected chi connectivity index (χ0v) is 12.2. The van der Waals surface area contributed by atoms with Crippen LogP contribution in [0.15, 0.2) is 24.3 Å². The number of rotatable bonds is 6. The van der Waals surface area contributed by atoms with Gasteiger partial charge in [-0.1, -0.05) is 25.5 Å². The van der Waals surface area contributed by atoms with Gasteiger partial charge < -0.3 is 15.3 Å². The molecule has 1 aromatic carbocycles. The van der Waals surface area contributed by atoms with Gasteiger partial charge in [0.2, 0.25) is 5.91 Å². The van der Waals surface area contributed by atoms with Gasteiger partial charge in [0.1, 0.15) is 0 Å². The van der Waals surface area contributed by atoms with Crippen molar-refractivity contribution < 1.29 is 14.7 Å². The predicted octanol–water partition coefficient (Wildman–Crippen LogP) is 1.56. The van der Waals surface area contributed by atoms with Crippen molar-refractivity contribution in [3.8, 4) is 0 Å². The molecule has 1 rings (SSSR count). The number of para-hydroxylation sites is 1. The fourth-order valence-electron chi connectivity index (χ4n) is 1.87. The quantitative estimate of drug-likeness (QED) is 0.829. The maximum atomic E-state index is 12.1. The molecule has 5 heteroatoms. The number of anilines is 1. The van der Waals surface area contributed by atoms with Crippen LogP contribution in [0.3, 0.4) is 0 Å². The Kier molecular flexibility index (Phi) is 6.18. The number of amides is 2. The zero-order chi connectivity index (χ0) is 15.1. The second kappa shape index (κ2) is 7.65. The summed E-state index contributed by atoms with van der Waals surface area (Å²) in [5.41, 5.74) is 0.983. The standard InChI is InChI=1S/C15H22N2O3/c1-4-7-12(19)10-16-15(20)13-8-5-6-9-14(13)17(3)11(2)18/h5-6,8-9,12,19H,4,7,10H2,1-3H3,(H,16,20).